The minimum Gasteiger partial charge on any atom is -0.494 e. The number of hydrogen-bond donors (Lipinski definition) is 1. The van der Waals surface area contributed by atoms with E-state index in [1.807, 2.05) is 56.3 Å². The third-order valence-electron chi connectivity index (χ3n) is 2.98. The molecule has 0 bridgehead atoms. The molecule has 2 rings (SSSR count). The lowest BCUT2D eigenvalue weighted by Gasteiger charge is -2.10. The molecule has 2 N–H and O–H groups in total. The Hall–Kier alpha value is -2.36. The van der Waals surface area contributed by atoms with E-state index in [1.54, 1.807) is 0 Å². The lowest BCUT2D eigenvalue weighted by Crippen LogP contribution is -2.09. The SMILES string of the molecule is CCOc1cccc(OCCOc2ccc(N)c(C)c2)c1. The second kappa shape index (κ2) is 7.43. The number of nitrogens with two attached hydrogens (primary N) is 1. The first-order chi connectivity index (χ1) is 10.2. The number of aryl methyl sites for hydroxylation is 1. The number of ether oxygens (including phenoxy) is 3. The first-order valence-corrected chi connectivity index (χ1v) is 7.03. The predicted molar refractivity (Wildman–Crippen MR) is 84.2 cm³/mol. The summed E-state index contributed by atoms with van der Waals surface area (Å²) in [6, 6.07) is 13.2. The van der Waals surface area contributed by atoms with Crippen LogP contribution in [0.1, 0.15) is 12.5 Å². The zero-order chi connectivity index (χ0) is 15.1. The second-order valence-corrected chi connectivity index (χ2v) is 4.62. The normalized spacial score (nSPS) is 10.2. The van der Waals surface area contributed by atoms with Crippen molar-refractivity contribution in [1.82, 2.24) is 0 Å². The third kappa shape index (κ3) is 4.60. The highest BCUT2D eigenvalue weighted by Gasteiger charge is 2.00. The summed E-state index contributed by atoms with van der Waals surface area (Å²) in [5, 5.41) is 0. The summed E-state index contributed by atoms with van der Waals surface area (Å²) < 4.78 is 16.7. The summed E-state index contributed by atoms with van der Waals surface area (Å²) in [6.45, 7) is 5.50. The van der Waals surface area contributed by atoms with E-state index in [0.29, 0.717) is 19.8 Å². The van der Waals surface area contributed by atoms with Crippen LogP contribution in [0.5, 0.6) is 17.2 Å². The van der Waals surface area contributed by atoms with Crippen LogP contribution in [0.15, 0.2) is 42.5 Å². The van der Waals surface area contributed by atoms with E-state index in [1.165, 1.54) is 0 Å². The van der Waals surface area contributed by atoms with E-state index in [-0.39, 0.29) is 0 Å². The average molecular weight is 287 g/mol. The molecule has 2 aromatic rings. The number of benzene rings is 2. The Bertz CT molecular complexity index is 584. The summed E-state index contributed by atoms with van der Waals surface area (Å²) in [5.41, 5.74) is 7.55. The van der Waals surface area contributed by atoms with E-state index in [9.17, 15) is 0 Å². The van der Waals surface area contributed by atoms with Crippen LogP contribution in [0.3, 0.4) is 0 Å². The van der Waals surface area contributed by atoms with Gasteiger partial charge in [-0.15, -0.1) is 0 Å². The van der Waals surface area contributed by atoms with Crippen molar-refractivity contribution in [2.24, 2.45) is 0 Å². The minimum atomic E-state index is 0.471. The van der Waals surface area contributed by atoms with Crippen molar-refractivity contribution in [2.45, 2.75) is 13.8 Å². The molecular weight excluding hydrogens is 266 g/mol. The molecule has 0 heterocycles. The van der Waals surface area contributed by atoms with E-state index in [4.69, 9.17) is 19.9 Å². The molecule has 0 aliphatic carbocycles. The van der Waals surface area contributed by atoms with Gasteiger partial charge in [-0.1, -0.05) is 6.07 Å². The second-order valence-electron chi connectivity index (χ2n) is 4.62. The van der Waals surface area contributed by atoms with Gasteiger partial charge in [0, 0.05) is 11.8 Å². The van der Waals surface area contributed by atoms with Crippen LogP contribution in [-0.2, 0) is 0 Å². The molecule has 0 aromatic heterocycles. The molecular formula is C17H21NO3. The maximum Gasteiger partial charge on any atom is 0.123 e. The summed E-state index contributed by atoms with van der Waals surface area (Å²) >= 11 is 0. The van der Waals surface area contributed by atoms with E-state index < -0.39 is 0 Å². The fourth-order valence-corrected chi connectivity index (χ4v) is 1.88. The Kier molecular flexibility index (Phi) is 5.32. The standard InChI is InChI=1S/C17H21NO3/c1-3-19-14-5-4-6-15(12-14)20-9-10-21-16-7-8-17(18)13(2)11-16/h4-8,11-12H,3,9-10,18H2,1-2H3. The van der Waals surface area contributed by atoms with Gasteiger partial charge in [0.2, 0.25) is 0 Å². The number of hydrogen-bond acceptors (Lipinski definition) is 4. The zero-order valence-electron chi connectivity index (χ0n) is 12.5. The average Bonchev–Trinajstić information content (AvgIpc) is 2.48. The van der Waals surface area contributed by atoms with Gasteiger partial charge in [0.25, 0.3) is 0 Å². The van der Waals surface area contributed by atoms with Gasteiger partial charge >= 0.3 is 0 Å². The van der Waals surface area contributed by atoms with Crippen LogP contribution in [0.4, 0.5) is 5.69 Å². The van der Waals surface area contributed by atoms with Crippen molar-refractivity contribution in [1.29, 1.82) is 0 Å². The van der Waals surface area contributed by atoms with Crippen LogP contribution >= 0.6 is 0 Å². The lowest BCUT2D eigenvalue weighted by molar-refractivity contribution is 0.216. The first-order valence-electron chi connectivity index (χ1n) is 7.03. The van der Waals surface area contributed by atoms with E-state index in [2.05, 4.69) is 0 Å². The molecule has 112 valence electrons. The highest BCUT2D eigenvalue weighted by Crippen LogP contribution is 2.20. The summed E-state index contributed by atoms with van der Waals surface area (Å²) in [7, 11) is 0. The first kappa shape index (κ1) is 15.0. The van der Waals surface area contributed by atoms with E-state index >= 15 is 0 Å². The van der Waals surface area contributed by atoms with E-state index in [0.717, 1.165) is 28.5 Å². The Labute approximate surface area is 125 Å². The van der Waals surface area contributed by atoms with Gasteiger partial charge in [0.1, 0.15) is 30.5 Å². The Morgan fingerprint density at radius 1 is 0.857 bits per heavy atom. The molecule has 0 unspecified atom stereocenters. The van der Waals surface area contributed by atoms with Gasteiger partial charge in [-0.25, -0.2) is 0 Å². The topological polar surface area (TPSA) is 53.7 Å². The molecule has 4 nitrogen and oxygen atoms in total. The van der Waals surface area contributed by atoms with Crippen LogP contribution in [-0.4, -0.2) is 19.8 Å². The molecule has 0 radical (unpaired) electrons. The highest BCUT2D eigenvalue weighted by atomic mass is 16.5. The number of rotatable bonds is 7. The van der Waals surface area contributed by atoms with Crippen LogP contribution < -0.4 is 19.9 Å². The fraction of sp³-hybridized carbons (Fsp3) is 0.294. The van der Waals surface area contributed by atoms with Gasteiger partial charge in [0.05, 0.1) is 6.61 Å². The number of nitrogen functional groups attached to an aromatic ring is 1. The molecule has 0 saturated heterocycles. The van der Waals surface area contributed by atoms with Crippen molar-refractivity contribution in [3.8, 4) is 17.2 Å². The highest BCUT2D eigenvalue weighted by molar-refractivity contribution is 5.49. The van der Waals surface area contributed by atoms with Crippen molar-refractivity contribution in [2.75, 3.05) is 25.6 Å². The van der Waals surface area contributed by atoms with Crippen molar-refractivity contribution >= 4 is 5.69 Å². The van der Waals surface area contributed by atoms with Crippen LogP contribution in [0.2, 0.25) is 0 Å². The molecule has 21 heavy (non-hydrogen) atoms. The van der Waals surface area contributed by atoms with Gasteiger partial charge < -0.3 is 19.9 Å². The molecule has 0 saturated carbocycles. The molecule has 0 spiro atoms. The fourth-order valence-electron chi connectivity index (χ4n) is 1.88. The van der Waals surface area contributed by atoms with Gasteiger partial charge in [0.15, 0.2) is 0 Å². The van der Waals surface area contributed by atoms with Crippen molar-refractivity contribution in [3.63, 3.8) is 0 Å². The Balaban J connectivity index is 1.79. The molecule has 4 heteroatoms. The molecule has 0 fully saturated rings. The molecule has 2 aromatic carbocycles. The quantitative estimate of drug-likeness (QED) is 0.626. The monoisotopic (exact) mass is 287 g/mol. The molecule has 0 atom stereocenters. The van der Waals surface area contributed by atoms with Gasteiger partial charge in [-0.05, 0) is 49.7 Å². The Morgan fingerprint density at radius 2 is 1.48 bits per heavy atom. The van der Waals surface area contributed by atoms with Crippen molar-refractivity contribution < 1.29 is 14.2 Å². The lowest BCUT2D eigenvalue weighted by atomic mass is 10.2. The minimum absolute atomic E-state index is 0.471. The smallest absolute Gasteiger partial charge is 0.123 e. The largest absolute Gasteiger partial charge is 0.494 e. The Morgan fingerprint density at radius 3 is 2.10 bits per heavy atom. The summed E-state index contributed by atoms with van der Waals surface area (Å²) in [4.78, 5) is 0. The zero-order valence-corrected chi connectivity index (χ0v) is 12.5. The third-order valence-corrected chi connectivity index (χ3v) is 2.98. The summed E-state index contributed by atoms with van der Waals surface area (Å²) in [5.74, 6) is 2.39. The molecule has 0 aliphatic rings. The van der Waals surface area contributed by atoms with Gasteiger partial charge in [-0.2, -0.15) is 0 Å². The molecule has 0 amide bonds. The van der Waals surface area contributed by atoms with Crippen LogP contribution in [0.25, 0.3) is 0 Å². The maximum absolute atomic E-state index is 5.77. The van der Waals surface area contributed by atoms with Crippen LogP contribution in [0, 0.1) is 6.92 Å². The van der Waals surface area contributed by atoms with Crippen molar-refractivity contribution in [3.05, 3.63) is 48.0 Å². The molecule has 0 aliphatic heterocycles. The maximum atomic E-state index is 5.77. The summed E-state index contributed by atoms with van der Waals surface area (Å²) in [6.07, 6.45) is 0. The number of anilines is 1. The predicted octanol–water partition coefficient (Wildman–Crippen LogP) is 3.43. The van der Waals surface area contributed by atoms with Gasteiger partial charge in [-0.3, -0.25) is 0 Å².